The van der Waals surface area contributed by atoms with Crippen LogP contribution in [0.2, 0.25) is 0 Å². The number of benzene rings is 4. The standard InChI is InChI=1S/C34H37NOP2/c1-24-6-14-29(15-7-24)37(30-16-8-25(2)9-17-30)33-22-35(28(5)36)23-34(33)38(31-18-10-26(3)11-19-31)32-20-12-27(4)13-21-32/h6-21,33-34H,22-23H2,1-5H3/t33-,34-/m1/s1. The van der Waals surface area contributed by atoms with E-state index in [1.807, 2.05) is 0 Å². The third-order valence-electron chi connectivity index (χ3n) is 7.62. The molecule has 38 heavy (non-hydrogen) atoms. The summed E-state index contributed by atoms with van der Waals surface area (Å²) in [5.41, 5.74) is 5.86. The first kappa shape index (κ1) is 26.8. The number of hydrogen-bond donors (Lipinski definition) is 0. The second kappa shape index (κ2) is 11.5. The van der Waals surface area contributed by atoms with Crippen molar-refractivity contribution in [2.45, 2.75) is 45.9 Å². The summed E-state index contributed by atoms with van der Waals surface area (Å²) in [7, 11) is -1.34. The van der Waals surface area contributed by atoms with Gasteiger partial charge in [-0.05, 0) is 64.8 Å². The number of nitrogens with zero attached hydrogens (tertiary/aromatic N) is 1. The van der Waals surface area contributed by atoms with E-state index in [0.717, 1.165) is 13.1 Å². The molecule has 4 aromatic carbocycles. The van der Waals surface area contributed by atoms with Gasteiger partial charge in [0.25, 0.3) is 0 Å². The van der Waals surface area contributed by atoms with Crippen LogP contribution in [0, 0.1) is 27.7 Å². The molecular weight excluding hydrogens is 500 g/mol. The van der Waals surface area contributed by atoms with Gasteiger partial charge in [0.05, 0.1) is 0 Å². The van der Waals surface area contributed by atoms with Crippen molar-refractivity contribution in [2.24, 2.45) is 0 Å². The van der Waals surface area contributed by atoms with E-state index in [-0.39, 0.29) is 5.91 Å². The summed E-state index contributed by atoms with van der Waals surface area (Å²) in [6.45, 7) is 12.0. The normalized spacial score (nSPS) is 17.4. The van der Waals surface area contributed by atoms with Gasteiger partial charge in [-0.25, -0.2) is 0 Å². The third kappa shape index (κ3) is 5.78. The van der Waals surface area contributed by atoms with Crippen molar-refractivity contribution in [1.82, 2.24) is 4.90 Å². The second-order valence-corrected chi connectivity index (χ2v) is 15.5. The first-order valence-corrected chi connectivity index (χ1v) is 16.2. The van der Waals surface area contributed by atoms with Gasteiger partial charge in [-0.15, -0.1) is 0 Å². The molecule has 5 rings (SSSR count). The molecule has 2 nitrogen and oxygen atoms in total. The fourth-order valence-electron chi connectivity index (χ4n) is 5.42. The predicted octanol–water partition coefficient (Wildman–Crippen LogP) is 6.09. The Kier molecular flexibility index (Phi) is 8.13. The largest absolute Gasteiger partial charge is 0.342 e. The minimum Gasteiger partial charge on any atom is -0.342 e. The molecule has 1 amide bonds. The quantitative estimate of drug-likeness (QED) is 0.273. The van der Waals surface area contributed by atoms with Crippen LogP contribution in [-0.4, -0.2) is 35.2 Å². The molecule has 0 saturated carbocycles. The van der Waals surface area contributed by atoms with Gasteiger partial charge in [0, 0.05) is 31.3 Å². The SMILES string of the molecule is CC(=O)N1C[C@@H](P(c2ccc(C)cc2)c2ccc(C)cc2)[C@H](P(c2ccc(C)cc2)c2ccc(C)cc2)C1. The number of carbonyl (C=O) groups excluding carboxylic acids is 1. The lowest BCUT2D eigenvalue weighted by molar-refractivity contribution is -0.127. The van der Waals surface area contributed by atoms with E-state index in [9.17, 15) is 4.79 Å². The summed E-state index contributed by atoms with van der Waals surface area (Å²) in [6.07, 6.45) is 0. The van der Waals surface area contributed by atoms with Gasteiger partial charge in [-0.3, -0.25) is 4.79 Å². The number of hydrogen-bond acceptors (Lipinski definition) is 1. The van der Waals surface area contributed by atoms with Crippen LogP contribution in [0.4, 0.5) is 0 Å². The molecule has 0 radical (unpaired) electrons. The van der Waals surface area contributed by atoms with Crippen LogP contribution in [0.25, 0.3) is 0 Å². The molecule has 0 N–H and O–H groups in total. The zero-order valence-corrected chi connectivity index (χ0v) is 24.8. The summed E-state index contributed by atoms with van der Waals surface area (Å²) in [5, 5.41) is 5.60. The van der Waals surface area contributed by atoms with Gasteiger partial charge in [-0.2, -0.15) is 0 Å². The minimum atomic E-state index is -0.671. The summed E-state index contributed by atoms with van der Waals surface area (Å²) < 4.78 is 0. The molecule has 1 aliphatic rings. The van der Waals surface area contributed by atoms with Crippen molar-refractivity contribution in [1.29, 1.82) is 0 Å². The van der Waals surface area contributed by atoms with Gasteiger partial charge in [-0.1, -0.05) is 119 Å². The van der Waals surface area contributed by atoms with Crippen LogP contribution in [0.1, 0.15) is 29.2 Å². The molecule has 0 unspecified atom stereocenters. The van der Waals surface area contributed by atoms with Crippen LogP contribution in [0.5, 0.6) is 0 Å². The number of rotatable bonds is 6. The van der Waals surface area contributed by atoms with Crippen molar-refractivity contribution < 1.29 is 4.79 Å². The van der Waals surface area contributed by atoms with Gasteiger partial charge < -0.3 is 4.90 Å². The molecule has 194 valence electrons. The summed E-state index contributed by atoms with van der Waals surface area (Å²) in [5.74, 6) is 0.183. The Balaban J connectivity index is 1.68. The van der Waals surface area contributed by atoms with Gasteiger partial charge in [0.2, 0.25) is 5.91 Å². The molecule has 1 fully saturated rings. The summed E-state index contributed by atoms with van der Waals surface area (Å²) in [4.78, 5) is 15.0. The topological polar surface area (TPSA) is 20.3 Å². The lowest BCUT2D eigenvalue weighted by Crippen LogP contribution is -2.34. The lowest BCUT2D eigenvalue weighted by atomic mass is 10.2. The molecule has 1 heterocycles. The number of likely N-dealkylation sites (tertiary alicyclic amines) is 1. The van der Waals surface area contributed by atoms with Crippen molar-refractivity contribution in [3.8, 4) is 0 Å². The highest BCUT2D eigenvalue weighted by atomic mass is 31.1. The van der Waals surface area contributed by atoms with Crippen molar-refractivity contribution in [3.63, 3.8) is 0 Å². The second-order valence-electron chi connectivity index (χ2n) is 10.6. The van der Waals surface area contributed by atoms with Gasteiger partial charge in [0.15, 0.2) is 0 Å². The fourth-order valence-corrected chi connectivity index (χ4v) is 11.8. The average molecular weight is 538 g/mol. The number of amides is 1. The van der Waals surface area contributed by atoms with E-state index in [2.05, 4.69) is 130 Å². The zero-order chi connectivity index (χ0) is 26.8. The summed E-state index contributed by atoms with van der Waals surface area (Å²) >= 11 is 0. The molecule has 2 atom stereocenters. The third-order valence-corrected chi connectivity index (χ3v) is 13.6. The molecule has 4 heteroatoms. The van der Waals surface area contributed by atoms with Gasteiger partial charge in [0.1, 0.15) is 0 Å². The van der Waals surface area contributed by atoms with E-state index in [1.54, 1.807) is 6.92 Å². The Bertz CT molecular complexity index is 1180. The fraction of sp³-hybridized carbons (Fsp3) is 0.265. The predicted molar refractivity (Wildman–Crippen MR) is 167 cm³/mol. The van der Waals surface area contributed by atoms with Crippen molar-refractivity contribution >= 4 is 43.0 Å². The van der Waals surface area contributed by atoms with E-state index >= 15 is 0 Å². The minimum absolute atomic E-state index is 0.183. The lowest BCUT2D eigenvalue weighted by Gasteiger charge is -2.34. The summed E-state index contributed by atoms with van der Waals surface area (Å²) in [6, 6.07) is 36.6. The zero-order valence-electron chi connectivity index (χ0n) is 23.1. The Hall–Kier alpha value is -2.79. The van der Waals surface area contributed by atoms with Crippen LogP contribution < -0.4 is 21.2 Å². The molecular formula is C34H37NOP2. The smallest absolute Gasteiger partial charge is 0.219 e. The Morgan fingerprint density at radius 1 is 0.526 bits per heavy atom. The molecule has 0 aromatic heterocycles. The van der Waals surface area contributed by atoms with E-state index in [1.165, 1.54) is 43.5 Å². The molecule has 0 aliphatic carbocycles. The molecule has 1 aliphatic heterocycles. The van der Waals surface area contributed by atoms with Crippen LogP contribution in [0.15, 0.2) is 97.1 Å². The molecule has 1 saturated heterocycles. The van der Waals surface area contributed by atoms with Crippen molar-refractivity contribution in [2.75, 3.05) is 13.1 Å². The van der Waals surface area contributed by atoms with Crippen molar-refractivity contribution in [3.05, 3.63) is 119 Å². The Labute approximate surface area is 230 Å². The van der Waals surface area contributed by atoms with Crippen LogP contribution >= 0.6 is 15.8 Å². The highest BCUT2D eigenvalue weighted by Crippen LogP contribution is 2.54. The first-order chi connectivity index (χ1) is 18.3. The highest BCUT2D eigenvalue weighted by Gasteiger charge is 2.44. The monoisotopic (exact) mass is 537 g/mol. The number of carbonyl (C=O) groups is 1. The van der Waals surface area contributed by atoms with E-state index in [0.29, 0.717) is 11.3 Å². The Morgan fingerprint density at radius 2 is 0.763 bits per heavy atom. The average Bonchev–Trinajstić information content (AvgIpc) is 3.34. The Morgan fingerprint density at radius 3 is 0.974 bits per heavy atom. The van der Waals surface area contributed by atoms with Crippen LogP contribution in [-0.2, 0) is 4.79 Å². The maximum atomic E-state index is 12.8. The van der Waals surface area contributed by atoms with Crippen LogP contribution in [0.3, 0.4) is 0 Å². The van der Waals surface area contributed by atoms with Gasteiger partial charge >= 0.3 is 0 Å². The number of aryl methyl sites for hydroxylation is 4. The molecule has 0 spiro atoms. The molecule has 4 aromatic rings. The maximum absolute atomic E-state index is 12.8. The van der Waals surface area contributed by atoms with E-state index < -0.39 is 15.8 Å². The maximum Gasteiger partial charge on any atom is 0.219 e. The molecule has 0 bridgehead atoms. The van der Waals surface area contributed by atoms with E-state index in [4.69, 9.17) is 0 Å². The first-order valence-electron chi connectivity index (χ1n) is 13.4. The highest BCUT2D eigenvalue weighted by molar-refractivity contribution is 7.77.